The van der Waals surface area contributed by atoms with Crippen LogP contribution in [-0.4, -0.2) is 39.5 Å². The number of anilines is 1. The third kappa shape index (κ3) is 3.86. The lowest BCUT2D eigenvalue weighted by Crippen LogP contribution is -2.19. The maximum Gasteiger partial charge on any atom is 0.218 e. The second kappa shape index (κ2) is 7.95. The van der Waals surface area contributed by atoms with Crippen LogP contribution in [0.4, 0.5) is 10.2 Å². The number of aryl methyl sites for hydroxylation is 1. The summed E-state index contributed by atoms with van der Waals surface area (Å²) in [6.45, 7) is 0.400. The van der Waals surface area contributed by atoms with E-state index in [4.69, 9.17) is 16.3 Å². The number of nitrogens with zero attached hydrogens (tertiary/aromatic N) is 3. The number of halogens is 2. The van der Waals surface area contributed by atoms with Crippen molar-refractivity contribution in [2.45, 2.75) is 19.0 Å². The molecule has 2 N–H and O–H groups in total. The van der Waals surface area contributed by atoms with E-state index in [1.807, 2.05) is 0 Å². The Morgan fingerprint density at radius 2 is 2.36 bits per heavy atom. The van der Waals surface area contributed by atoms with Gasteiger partial charge in [-0.2, -0.15) is 5.10 Å². The van der Waals surface area contributed by atoms with Gasteiger partial charge >= 0.3 is 0 Å². The first-order valence-corrected chi connectivity index (χ1v) is 7.37. The number of rotatable bonds is 8. The van der Waals surface area contributed by atoms with Gasteiger partial charge in [0.2, 0.25) is 5.88 Å². The summed E-state index contributed by atoms with van der Waals surface area (Å²) in [5, 5.41) is 16.9. The van der Waals surface area contributed by atoms with E-state index in [1.165, 1.54) is 13.2 Å². The molecule has 0 aliphatic heterocycles. The van der Waals surface area contributed by atoms with E-state index in [1.54, 1.807) is 16.9 Å². The number of pyridine rings is 1. The minimum absolute atomic E-state index is 0.248. The number of methoxy groups -OCH3 is 1. The summed E-state index contributed by atoms with van der Waals surface area (Å²) < 4.78 is 20.3. The van der Waals surface area contributed by atoms with Gasteiger partial charge in [-0.25, -0.2) is 14.1 Å². The van der Waals surface area contributed by atoms with Gasteiger partial charge in [-0.05, 0) is 12.5 Å². The van der Waals surface area contributed by atoms with Gasteiger partial charge < -0.3 is 15.2 Å². The number of aliphatic hydroxyl groups excluding tert-OH is 1. The summed E-state index contributed by atoms with van der Waals surface area (Å²) in [5.74, 6) is 1.01. The van der Waals surface area contributed by atoms with Crippen molar-refractivity contribution in [2.24, 2.45) is 0 Å². The zero-order valence-corrected chi connectivity index (χ0v) is 12.9. The number of hydrogen-bond donors (Lipinski definition) is 2. The van der Waals surface area contributed by atoms with E-state index in [0.717, 1.165) is 12.6 Å². The average Bonchev–Trinajstić information content (AvgIpc) is 2.97. The zero-order chi connectivity index (χ0) is 15.9. The molecule has 0 amide bonds. The summed E-state index contributed by atoms with van der Waals surface area (Å²) in [5.41, 5.74) is 0.440. The Kier molecular flexibility index (Phi) is 5.97. The van der Waals surface area contributed by atoms with Gasteiger partial charge in [0.25, 0.3) is 0 Å². The third-order valence-corrected chi connectivity index (χ3v) is 3.41. The van der Waals surface area contributed by atoms with E-state index >= 15 is 0 Å². The molecule has 120 valence electrons. The van der Waals surface area contributed by atoms with Crippen LogP contribution in [0, 0.1) is 5.82 Å². The summed E-state index contributed by atoms with van der Waals surface area (Å²) in [6, 6.07) is 2.50. The van der Waals surface area contributed by atoms with Crippen molar-refractivity contribution in [3.63, 3.8) is 0 Å². The molecule has 0 unspecified atom stereocenters. The maximum atomic E-state index is 13.4. The largest absolute Gasteiger partial charge is 0.481 e. The maximum absolute atomic E-state index is 13.4. The Balaban J connectivity index is 2.23. The molecule has 2 heterocycles. The predicted molar refractivity (Wildman–Crippen MR) is 81.8 cm³/mol. The number of nitrogens with one attached hydrogen (secondary N) is 1. The first-order chi connectivity index (χ1) is 10.7. The Morgan fingerprint density at radius 3 is 3.05 bits per heavy atom. The van der Waals surface area contributed by atoms with Crippen molar-refractivity contribution in [1.82, 2.24) is 14.8 Å². The Labute approximate surface area is 132 Å². The highest BCUT2D eigenvalue weighted by Crippen LogP contribution is 2.26. The fourth-order valence-corrected chi connectivity index (χ4v) is 2.23. The molecule has 0 bridgehead atoms. The molecule has 6 nitrogen and oxygen atoms in total. The van der Waals surface area contributed by atoms with E-state index in [2.05, 4.69) is 15.4 Å². The molecule has 2 rings (SSSR count). The number of ether oxygens (including phenoxy) is 1. The zero-order valence-electron chi connectivity index (χ0n) is 12.2. The van der Waals surface area contributed by atoms with Crippen LogP contribution >= 0.6 is 11.6 Å². The van der Waals surface area contributed by atoms with Crippen molar-refractivity contribution in [3.8, 4) is 5.88 Å². The first-order valence-electron chi connectivity index (χ1n) is 6.84. The quantitative estimate of drug-likeness (QED) is 0.727. The van der Waals surface area contributed by atoms with Gasteiger partial charge in [-0.3, -0.25) is 0 Å². The van der Waals surface area contributed by atoms with E-state index < -0.39 is 11.9 Å². The van der Waals surface area contributed by atoms with Crippen molar-refractivity contribution in [3.05, 3.63) is 35.9 Å². The van der Waals surface area contributed by atoms with E-state index in [0.29, 0.717) is 23.8 Å². The lowest BCUT2D eigenvalue weighted by molar-refractivity contribution is 0.271. The fraction of sp³-hybridized carbons (Fsp3) is 0.429. The van der Waals surface area contributed by atoms with Gasteiger partial charge in [0.05, 0.1) is 32.2 Å². The summed E-state index contributed by atoms with van der Waals surface area (Å²) >= 11 is 5.69. The lowest BCUT2D eigenvalue weighted by atomic mass is 10.1. The van der Waals surface area contributed by atoms with Crippen molar-refractivity contribution >= 4 is 17.4 Å². The van der Waals surface area contributed by atoms with Crippen LogP contribution in [0.1, 0.15) is 18.0 Å². The number of hydrogen-bond acceptors (Lipinski definition) is 5. The Bertz CT molecular complexity index is 608. The molecule has 0 fully saturated rings. The molecule has 0 saturated carbocycles. The number of alkyl halides is 1. The molecule has 2 aromatic heterocycles. The Hall–Kier alpha value is -1.86. The molecule has 1 atom stereocenters. The third-order valence-electron chi connectivity index (χ3n) is 3.14. The molecule has 2 aromatic rings. The van der Waals surface area contributed by atoms with E-state index in [-0.39, 0.29) is 12.5 Å². The van der Waals surface area contributed by atoms with Gasteiger partial charge in [-0.15, -0.1) is 11.6 Å². The predicted octanol–water partition coefficient (Wildman–Crippen LogP) is 2.20. The SMILES string of the molecule is COc1ncc(F)cc1[C@@H](CO)Nc1ccnn1CCCCl. The highest BCUT2D eigenvalue weighted by Gasteiger charge is 2.19. The van der Waals surface area contributed by atoms with Gasteiger partial charge in [0, 0.05) is 24.1 Å². The van der Waals surface area contributed by atoms with Crippen LogP contribution in [0.5, 0.6) is 5.88 Å². The minimum Gasteiger partial charge on any atom is -0.481 e. The number of aliphatic hydroxyl groups is 1. The van der Waals surface area contributed by atoms with Crippen molar-refractivity contribution in [2.75, 3.05) is 24.9 Å². The van der Waals surface area contributed by atoms with Crippen molar-refractivity contribution in [1.29, 1.82) is 0 Å². The van der Waals surface area contributed by atoms with Crippen LogP contribution in [0.15, 0.2) is 24.5 Å². The van der Waals surface area contributed by atoms with Gasteiger partial charge in [-0.1, -0.05) is 0 Å². The molecule has 0 saturated heterocycles. The summed E-state index contributed by atoms with van der Waals surface area (Å²) in [4.78, 5) is 3.88. The molecule has 0 aliphatic carbocycles. The monoisotopic (exact) mass is 328 g/mol. The normalized spacial score (nSPS) is 12.2. The van der Waals surface area contributed by atoms with Crippen LogP contribution in [0.2, 0.25) is 0 Å². The topological polar surface area (TPSA) is 72.2 Å². The van der Waals surface area contributed by atoms with Crippen LogP contribution < -0.4 is 10.1 Å². The number of aromatic nitrogens is 3. The first kappa shape index (κ1) is 16.5. The van der Waals surface area contributed by atoms with Crippen molar-refractivity contribution < 1.29 is 14.2 Å². The minimum atomic E-state index is -0.565. The summed E-state index contributed by atoms with van der Waals surface area (Å²) in [7, 11) is 1.45. The second-order valence-corrected chi connectivity index (χ2v) is 4.99. The van der Waals surface area contributed by atoms with Gasteiger partial charge in [0.1, 0.15) is 11.6 Å². The van der Waals surface area contributed by atoms with Crippen LogP contribution in [0.25, 0.3) is 0 Å². The highest BCUT2D eigenvalue weighted by atomic mass is 35.5. The smallest absolute Gasteiger partial charge is 0.218 e. The molecule has 0 aromatic carbocycles. The van der Waals surface area contributed by atoms with Crippen LogP contribution in [-0.2, 0) is 6.54 Å². The van der Waals surface area contributed by atoms with E-state index in [9.17, 15) is 9.50 Å². The fourth-order valence-electron chi connectivity index (χ4n) is 2.11. The van der Waals surface area contributed by atoms with Gasteiger partial charge in [0.15, 0.2) is 0 Å². The molecule has 0 aliphatic rings. The standard InChI is InChI=1S/C14H18ClFN4O2/c1-22-14-11(7-10(16)8-17-14)12(9-21)19-13-3-5-18-20(13)6-2-4-15/h3,5,7-8,12,19,21H,2,4,6,9H2,1H3/t12-/m1/s1. The second-order valence-electron chi connectivity index (χ2n) is 4.61. The Morgan fingerprint density at radius 1 is 1.55 bits per heavy atom. The molecule has 22 heavy (non-hydrogen) atoms. The lowest BCUT2D eigenvalue weighted by Gasteiger charge is -2.20. The molecule has 8 heteroatoms. The molecular weight excluding hydrogens is 311 g/mol. The molecule has 0 spiro atoms. The molecule has 0 radical (unpaired) electrons. The molecular formula is C14H18ClFN4O2. The average molecular weight is 329 g/mol. The summed E-state index contributed by atoms with van der Waals surface area (Å²) in [6.07, 6.45) is 3.49. The highest BCUT2D eigenvalue weighted by molar-refractivity contribution is 6.17. The van der Waals surface area contributed by atoms with Crippen LogP contribution in [0.3, 0.4) is 0 Å².